The monoisotopic (exact) mass is 385 g/mol. The van der Waals surface area contributed by atoms with E-state index in [1.807, 2.05) is 25.1 Å². The quantitative estimate of drug-likeness (QED) is 0.698. The normalized spacial score (nSPS) is 12.8. The molecule has 0 atom stereocenters. The summed E-state index contributed by atoms with van der Waals surface area (Å²) in [5.41, 5.74) is 1.79. The summed E-state index contributed by atoms with van der Waals surface area (Å²) >= 11 is 1.25. The van der Waals surface area contributed by atoms with Crippen molar-refractivity contribution >= 4 is 43.5 Å². The number of hydrogen-bond donors (Lipinski definition) is 0. The Morgan fingerprint density at radius 2 is 2.04 bits per heavy atom. The topological polar surface area (TPSA) is 98.0 Å². The van der Waals surface area contributed by atoms with Gasteiger partial charge in [0, 0.05) is 7.05 Å². The Bertz CT molecular complexity index is 988. The summed E-state index contributed by atoms with van der Waals surface area (Å²) in [6, 6.07) is 5.67. The standard InChI is InChI=1S/C15H19N3O5S2/c1-10-5-6-11-12(7-10)24-15(18(11)9-14(20)23-3)16-13(19)8-17(2)25(4,21)22/h5-7H,8-9H2,1-4H3. The summed E-state index contributed by atoms with van der Waals surface area (Å²) in [4.78, 5) is 28.1. The van der Waals surface area contributed by atoms with Crippen molar-refractivity contribution in [1.29, 1.82) is 0 Å². The van der Waals surface area contributed by atoms with Gasteiger partial charge in [-0.05, 0) is 24.6 Å². The van der Waals surface area contributed by atoms with E-state index in [0.29, 0.717) is 4.80 Å². The molecule has 0 N–H and O–H groups in total. The molecule has 0 spiro atoms. The zero-order chi connectivity index (χ0) is 18.8. The molecule has 2 aromatic rings. The second kappa shape index (κ2) is 7.46. The van der Waals surface area contributed by atoms with Crippen LogP contribution in [-0.4, -0.2) is 56.1 Å². The fourth-order valence-corrected chi connectivity index (χ4v) is 3.55. The molecule has 0 unspecified atom stereocenters. The number of benzene rings is 1. The first-order valence-corrected chi connectivity index (χ1v) is 9.94. The van der Waals surface area contributed by atoms with Crippen molar-refractivity contribution in [1.82, 2.24) is 8.87 Å². The van der Waals surface area contributed by atoms with Crippen LogP contribution in [0.25, 0.3) is 10.2 Å². The number of esters is 1. The number of nitrogens with zero attached hydrogens (tertiary/aromatic N) is 3. The lowest BCUT2D eigenvalue weighted by Gasteiger charge is -2.10. The molecule has 1 aromatic carbocycles. The zero-order valence-corrected chi connectivity index (χ0v) is 16.0. The maximum absolute atomic E-state index is 12.1. The molecule has 0 saturated heterocycles. The maximum Gasteiger partial charge on any atom is 0.325 e. The van der Waals surface area contributed by atoms with E-state index in [0.717, 1.165) is 26.3 Å². The minimum atomic E-state index is -3.48. The SMILES string of the molecule is COC(=O)Cn1c(=NC(=O)CN(C)S(C)(=O)=O)sc2cc(C)ccc21. The van der Waals surface area contributed by atoms with E-state index in [1.165, 1.54) is 25.5 Å². The number of ether oxygens (including phenoxy) is 1. The van der Waals surface area contributed by atoms with Gasteiger partial charge in [0.1, 0.15) is 6.54 Å². The Labute approximate surface area is 149 Å². The maximum atomic E-state index is 12.1. The van der Waals surface area contributed by atoms with Crippen LogP contribution in [0.3, 0.4) is 0 Å². The fraction of sp³-hybridized carbons (Fsp3) is 0.400. The predicted molar refractivity (Wildman–Crippen MR) is 94.6 cm³/mol. The summed E-state index contributed by atoms with van der Waals surface area (Å²) < 4.78 is 30.9. The molecular weight excluding hydrogens is 366 g/mol. The second-order valence-electron chi connectivity index (χ2n) is 5.54. The molecule has 10 heteroatoms. The van der Waals surface area contributed by atoms with Crippen LogP contribution >= 0.6 is 11.3 Å². The first-order valence-electron chi connectivity index (χ1n) is 7.27. The van der Waals surface area contributed by atoms with E-state index < -0.39 is 21.9 Å². The van der Waals surface area contributed by atoms with E-state index in [4.69, 9.17) is 4.74 Å². The molecule has 8 nitrogen and oxygen atoms in total. The number of methoxy groups -OCH3 is 1. The number of thiazole rings is 1. The molecule has 2 rings (SSSR count). The third-order valence-corrected chi connectivity index (χ3v) is 5.80. The molecule has 0 aliphatic heterocycles. The van der Waals surface area contributed by atoms with Crippen LogP contribution in [0.15, 0.2) is 23.2 Å². The Kier molecular flexibility index (Phi) is 5.76. The van der Waals surface area contributed by atoms with Gasteiger partial charge < -0.3 is 9.30 Å². The van der Waals surface area contributed by atoms with Gasteiger partial charge in [-0.1, -0.05) is 17.4 Å². The molecule has 1 heterocycles. The fourth-order valence-electron chi connectivity index (χ4n) is 2.06. The lowest BCUT2D eigenvalue weighted by Crippen LogP contribution is -2.31. The Hall–Kier alpha value is -2.04. The van der Waals surface area contributed by atoms with Crippen LogP contribution in [0.1, 0.15) is 5.56 Å². The number of fused-ring (bicyclic) bond motifs is 1. The lowest BCUT2D eigenvalue weighted by molar-refractivity contribution is -0.141. The van der Waals surface area contributed by atoms with E-state index >= 15 is 0 Å². The minimum Gasteiger partial charge on any atom is -0.468 e. The molecule has 25 heavy (non-hydrogen) atoms. The van der Waals surface area contributed by atoms with E-state index in [9.17, 15) is 18.0 Å². The van der Waals surface area contributed by atoms with Crippen LogP contribution in [0.5, 0.6) is 0 Å². The van der Waals surface area contributed by atoms with Crippen molar-refractivity contribution in [3.8, 4) is 0 Å². The highest BCUT2D eigenvalue weighted by molar-refractivity contribution is 7.88. The number of aromatic nitrogens is 1. The number of rotatable bonds is 5. The molecule has 0 saturated carbocycles. The lowest BCUT2D eigenvalue weighted by atomic mass is 10.2. The van der Waals surface area contributed by atoms with Gasteiger partial charge in [0.15, 0.2) is 4.80 Å². The first-order chi connectivity index (χ1) is 11.6. The third-order valence-electron chi connectivity index (χ3n) is 3.50. The Morgan fingerprint density at radius 1 is 1.36 bits per heavy atom. The summed E-state index contributed by atoms with van der Waals surface area (Å²) in [6.07, 6.45) is 1.01. The van der Waals surface area contributed by atoms with Crippen LogP contribution in [0.4, 0.5) is 0 Å². The molecule has 0 fully saturated rings. The average Bonchev–Trinajstić information content (AvgIpc) is 2.82. The highest BCUT2D eigenvalue weighted by Crippen LogP contribution is 2.19. The van der Waals surface area contributed by atoms with E-state index in [-0.39, 0.29) is 13.1 Å². The van der Waals surface area contributed by atoms with Crippen LogP contribution in [0.2, 0.25) is 0 Å². The predicted octanol–water partition coefficient (Wildman–Crippen LogP) is 0.503. The molecule has 0 aliphatic rings. The van der Waals surface area contributed by atoms with Crippen LogP contribution in [-0.2, 0) is 30.9 Å². The van der Waals surface area contributed by atoms with Crippen molar-refractivity contribution in [2.45, 2.75) is 13.5 Å². The van der Waals surface area contributed by atoms with Gasteiger partial charge in [-0.2, -0.15) is 9.30 Å². The Balaban J connectivity index is 2.49. The third kappa shape index (κ3) is 4.74. The number of amides is 1. The van der Waals surface area contributed by atoms with Crippen molar-refractivity contribution in [3.05, 3.63) is 28.6 Å². The molecular formula is C15H19N3O5S2. The number of carbonyl (C=O) groups is 2. The molecule has 0 bridgehead atoms. The minimum absolute atomic E-state index is 0.0897. The number of hydrogen-bond acceptors (Lipinski definition) is 6. The van der Waals surface area contributed by atoms with Gasteiger partial charge in [-0.15, -0.1) is 0 Å². The van der Waals surface area contributed by atoms with Gasteiger partial charge in [0.05, 0.1) is 30.1 Å². The summed E-state index contributed by atoms with van der Waals surface area (Å²) in [7, 11) is -0.891. The molecule has 1 amide bonds. The van der Waals surface area contributed by atoms with Crippen molar-refractivity contribution in [3.63, 3.8) is 0 Å². The second-order valence-corrected chi connectivity index (χ2v) is 8.64. The summed E-state index contributed by atoms with van der Waals surface area (Å²) in [6.45, 7) is 1.48. The highest BCUT2D eigenvalue weighted by Gasteiger charge is 2.16. The van der Waals surface area contributed by atoms with Gasteiger partial charge >= 0.3 is 5.97 Å². The highest BCUT2D eigenvalue weighted by atomic mass is 32.2. The number of likely N-dealkylation sites (N-methyl/N-ethyl adjacent to an activating group) is 1. The first kappa shape index (κ1) is 19.3. The van der Waals surface area contributed by atoms with Crippen molar-refractivity contribution in [2.24, 2.45) is 4.99 Å². The molecule has 1 aromatic heterocycles. The van der Waals surface area contributed by atoms with Gasteiger partial charge in [-0.25, -0.2) is 8.42 Å². The van der Waals surface area contributed by atoms with Crippen LogP contribution in [0, 0.1) is 6.92 Å². The smallest absolute Gasteiger partial charge is 0.325 e. The molecule has 136 valence electrons. The molecule has 0 aliphatic carbocycles. The van der Waals surface area contributed by atoms with Crippen molar-refractivity contribution in [2.75, 3.05) is 27.0 Å². The van der Waals surface area contributed by atoms with Gasteiger partial charge in [0.25, 0.3) is 5.91 Å². The zero-order valence-electron chi connectivity index (χ0n) is 14.3. The number of carbonyl (C=O) groups excluding carboxylic acids is 2. The molecule has 0 radical (unpaired) electrons. The van der Waals surface area contributed by atoms with E-state index in [1.54, 1.807) is 4.57 Å². The largest absolute Gasteiger partial charge is 0.468 e. The van der Waals surface area contributed by atoms with Crippen molar-refractivity contribution < 1.29 is 22.7 Å². The van der Waals surface area contributed by atoms with Gasteiger partial charge in [-0.3, -0.25) is 9.59 Å². The number of aryl methyl sites for hydroxylation is 1. The summed E-state index contributed by atoms with van der Waals surface area (Å²) in [5.74, 6) is -1.09. The average molecular weight is 385 g/mol. The van der Waals surface area contributed by atoms with Crippen LogP contribution < -0.4 is 4.80 Å². The Morgan fingerprint density at radius 3 is 2.64 bits per heavy atom. The van der Waals surface area contributed by atoms with Gasteiger partial charge in [0.2, 0.25) is 10.0 Å². The summed E-state index contributed by atoms with van der Waals surface area (Å²) in [5, 5.41) is 0. The van der Waals surface area contributed by atoms with E-state index in [2.05, 4.69) is 4.99 Å². The number of sulfonamides is 1.